The maximum Gasteiger partial charge on any atom is 0.325 e. The lowest BCUT2D eigenvalue weighted by Crippen LogP contribution is -2.57. The summed E-state index contributed by atoms with van der Waals surface area (Å²) in [7, 11) is 0. The molecule has 8 nitrogen and oxygen atoms in total. The fourth-order valence-corrected chi connectivity index (χ4v) is 6.26. The first-order valence-corrected chi connectivity index (χ1v) is 12.7. The molecule has 0 radical (unpaired) electrons. The van der Waals surface area contributed by atoms with Crippen molar-refractivity contribution in [2.24, 2.45) is 11.8 Å². The summed E-state index contributed by atoms with van der Waals surface area (Å²) in [6, 6.07) is 16.1. The van der Waals surface area contributed by atoms with Crippen LogP contribution in [0.4, 0.5) is 0 Å². The highest BCUT2D eigenvalue weighted by Gasteiger charge is 2.69. The number of carboxylic acid groups (broad SMARTS) is 2. The number of benzene rings is 2. The Morgan fingerprint density at radius 2 is 1.51 bits per heavy atom. The van der Waals surface area contributed by atoms with Crippen LogP contribution >= 0.6 is 0 Å². The van der Waals surface area contributed by atoms with Crippen molar-refractivity contribution >= 4 is 35.9 Å². The van der Waals surface area contributed by atoms with Gasteiger partial charge in [-0.2, -0.15) is 0 Å². The van der Waals surface area contributed by atoms with E-state index in [-0.39, 0.29) is 6.04 Å². The number of likely N-dealkylation sites (tertiary alicyclic amines) is 1. The SMILES string of the molecule is O=C(O)CC1(C(=O)O)NC(c2ccc(/C=C/c3ccccc3)cc2)C2C(=O)N(C3CCCCC3)C(=O)C21. The van der Waals surface area contributed by atoms with Crippen molar-refractivity contribution in [2.75, 3.05) is 0 Å². The molecular weight excluding hydrogens is 472 g/mol. The minimum Gasteiger partial charge on any atom is -0.481 e. The van der Waals surface area contributed by atoms with Crippen LogP contribution in [-0.4, -0.2) is 50.4 Å². The Bertz CT molecular complexity index is 1230. The Balaban J connectivity index is 1.49. The van der Waals surface area contributed by atoms with Crippen LogP contribution < -0.4 is 5.32 Å². The topological polar surface area (TPSA) is 124 Å². The molecule has 3 aliphatic rings. The Labute approximate surface area is 215 Å². The number of nitrogens with zero attached hydrogens (tertiary/aromatic N) is 1. The number of rotatable bonds is 7. The van der Waals surface area contributed by atoms with Crippen LogP contribution in [0.1, 0.15) is 61.3 Å². The summed E-state index contributed by atoms with van der Waals surface area (Å²) in [6.45, 7) is 0. The lowest BCUT2D eigenvalue weighted by Gasteiger charge is -2.34. The van der Waals surface area contributed by atoms with Crippen molar-refractivity contribution in [1.29, 1.82) is 0 Å². The number of imide groups is 1. The van der Waals surface area contributed by atoms with Crippen LogP contribution in [0.2, 0.25) is 0 Å². The van der Waals surface area contributed by atoms with Gasteiger partial charge in [0.05, 0.1) is 18.3 Å². The van der Waals surface area contributed by atoms with E-state index in [0.29, 0.717) is 18.4 Å². The molecule has 2 aromatic rings. The Morgan fingerprint density at radius 3 is 2.11 bits per heavy atom. The van der Waals surface area contributed by atoms with Gasteiger partial charge in [-0.25, -0.2) is 0 Å². The molecule has 192 valence electrons. The summed E-state index contributed by atoms with van der Waals surface area (Å²) in [4.78, 5) is 53.0. The minimum atomic E-state index is -2.07. The second-order valence-corrected chi connectivity index (χ2v) is 10.2. The second-order valence-electron chi connectivity index (χ2n) is 10.2. The Morgan fingerprint density at radius 1 is 0.892 bits per heavy atom. The number of aliphatic carboxylic acids is 2. The molecule has 2 heterocycles. The molecule has 4 atom stereocenters. The fraction of sp³-hybridized carbons (Fsp3) is 0.379. The number of carbonyl (C=O) groups is 4. The number of nitrogens with one attached hydrogen (secondary N) is 1. The van der Waals surface area contributed by atoms with E-state index in [0.717, 1.165) is 30.4 Å². The Kier molecular flexibility index (Phi) is 6.69. The third-order valence-electron chi connectivity index (χ3n) is 8.00. The van der Waals surface area contributed by atoms with Gasteiger partial charge in [0.1, 0.15) is 5.54 Å². The molecular formula is C29H30N2O6. The predicted octanol–water partition coefficient (Wildman–Crippen LogP) is 3.73. The van der Waals surface area contributed by atoms with E-state index in [2.05, 4.69) is 5.32 Å². The molecule has 2 aromatic carbocycles. The normalized spacial score (nSPS) is 28.1. The summed E-state index contributed by atoms with van der Waals surface area (Å²) in [5, 5.41) is 22.8. The standard InChI is InChI=1S/C29H30N2O6/c32-22(33)17-29(28(36)37)24-23(26(34)31(27(24)35)21-9-5-2-6-10-21)25(30-29)20-15-13-19(14-16-20)12-11-18-7-3-1-4-8-18/h1,3-4,7-8,11-16,21,23-25,30H,2,5-6,9-10,17H2,(H,32,33)(H,36,37)/b12-11+. The van der Waals surface area contributed by atoms with Gasteiger partial charge >= 0.3 is 11.9 Å². The van der Waals surface area contributed by atoms with Crippen molar-refractivity contribution in [3.63, 3.8) is 0 Å². The molecule has 3 fully saturated rings. The summed E-state index contributed by atoms with van der Waals surface area (Å²) in [5.41, 5.74) is 0.537. The van der Waals surface area contributed by atoms with Crippen LogP contribution in [0.5, 0.6) is 0 Å². The smallest absolute Gasteiger partial charge is 0.325 e. The quantitative estimate of drug-likeness (QED) is 0.389. The van der Waals surface area contributed by atoms with Crippen molar-refractivity contribution in [3.05, 3.63) is 71.3 Å². The average Bonchev–Trinajstić information content (AvgIpc) is 3.37. The first kappa shape index (κ1) is 24.9. The summed E-state index contributed by atoms with van der Waals surface area (Å²) < 4.78 is 0. The van der Waals surface area contributed by atoms with E-state index in [1.807, 2.05) is 54.6 Å². The molecule has 0 bridgehead atoms. The molecule has 8 heteroatoms. The van der Waals surface area contributed by atoms with Crippen LogP contribution in [0.25, 0.3) is 12.2 Å². The Hall–Kier alpha value is -3.78. The molecule has 2 aliphatic heterocycles. The van der Waals surface area contributed by atoms with Gasteiger partial charge in [-0.15, -0.1) is 0 Å². The van der Waals surface area contributed by atoms with Gasteiger partial charge in [0.15, 0.2) is 0 Å². The van der Waals surface area contributed by atoms with Gasteiger partial charge in [0.2, 0.25) is 11.8 Å². The van der Waals surface area contributed by atoms with Crippen molar-refractivity contribution in [1.82, 2.24) is 10.2 Å². The van der Waals surface area contributed by atoms with E-state index in [4.69, 9.17) is 0 Å². The van der Waals surface area contributed by atoms with Gasteiger partial charge in [-0.05, 0) is 29.5 Å². The lowest BCUT2D eigenvalue weighted by molar-refractivity contribution is -0.156. The highest BCUT2D eigenvalue weighted by Crippen LogP contribution is 2.51. The zero-order valence-corrected chi connectivity index (χ0v) is 20.4. The third-order valence-corrected chi connectivity index (χ3v) is 8.00. The van der Waals surface area contributed by atoms with Gasteiger partial charge in [0.25, 0.3) is 0 Å². The second kappa shape index (κ2) is 9.94. The zero-order valence-electron chi connectivity index (χ0n) is 20.4. The largest absolute Gasteiger partial charge is 0.481 e. The number of hydrogen-bond donors (Lipinski definition) is 3. The highest BCUT2D eigenvalue weighted by atomic mass is 16.4. The molecule has 4 unspecified atom stereocenters. The molecule has 0 aromatic heterocycles. The third kappa shape index (κ3) is 4.46. The number of carboxylic acids is 2. The first-order chi connectivity index (χ1) is 17.8. The molecule has 0 spiro atoms. The molecule has 2 amide bonds. The van der Waals surface area contributed by atoms with E-state index >= 15 is 0 Å². The molecule has 2 saturated heterocycles. The van der Waals surface area contributed by atoms with Gasteiger partial charge in [-0.3, -0.25) is 29.4 Å². The zero-order chi connectivity index (χ0) is 26.2. The maximum atomic E-state index is 13.7. The minimum absolute atomic E-state index is 0.262. The predicted molar refractivity (Wildman–Crippen MR) is 136 cm³/mol. The first-order valence-electron chi connectivity index (χ1n) is 12.7. The molecule has 37 heavy (non-hydrogen) atoms. The molecule has 1 aliphatic carbocycles. The number of carbonyl (C=O) groups excluding carboxylic acids is 2. The average molecular weight is 503 g/mol. The number of hydrogen-bond acceptors (Lipinski definition) is 5. The van der Waals surface area contributed by atoms with Gasteiger partial charge < -0.3 is 10.2 Å². The van der Waals surface area contributed by atoms with Crippen molar-refractivity contribution < 1.29 is 29.4 Å². The van der Waals surface area contributed by atoms with E-state index in [1.54, 1.807) is 12.1 Å². The maximum absolute atomic E-state index is 13.7. The monoisotopic (exact) mass is 502 g/mol. The van der Waals surface area contributed by atoms with Crippen molar-refractivity contribution in [3.8, 4) is 0 Å². The van der Waals surface area contributed by atoms with Crippen molar-refractivity contribution in [2.45, 2.75) is 56.1 Å². The van der Waals surface area contributed by atoms with Gasteiger partial charge in [0, 0.05) is 12.1 Å². The van der Waals surface area contributed by atoms with Gasteiger partial charge in [-0.1, -0.05) is 86.0 Å². The van der Waals surface area contributed by atoms with E-state index < -0.39 is 53.6 Å². The lowest BCUT2D eigenvalue weighted by atomic mass is 9.77. The van der Waals surface area contributed by atoms with Crippen LogP contribution in [-0.2, 0) is 19.2 Å². The summed E-state index contributed by atoms with van der Waals surface area (Å²) in [5.74, 6) is -5.99. The molecule has 5 rings (SSSR count). The van der Waals surface area contributed by atoms with E-state index in [1.165, 1.54) is 4.90 Å². The van der Waals surface area contributed by atoms with Crippen LogP contribution in [0.15, 0.2) is 54.6 Å². The summed E-state index contributed by atoms with van der Waals surface area (Å²) >= 11 is 0. The number of amides is 2. The molecule has 1 saturated carbocycles. The summed E-state index contributed by atoms with van der Waals surface area (Å²) in [6.07, 6.45) is 7.34. The fourth-order valence-electron chi connectivity index (χ4n) is 6.26. The van der Waals surface area contributed by atoms with E-state index in [9.17, 15) is 29.4 Å². The van der Waals surface area contributed by atoms with Crippen LogP contribution in [0.3, 0.4) is 0 Å². The molecule has 3 N–H and O–H groups in total. The van der Waals surface area contributed by atoms with Crippen LogP contribution in [0, 0.1) is 11.8 Å². The number of fused-ring (bicyclic) bond motifs is 1. The highest BCUT2D eigenvalue weighted by molar-refractivity contribution is 6.10.